The van der Waals surface area contributed by atoms with Gasteiger partial charge in [-0.3, -0.25) is 9.69 Å². The Morgan fingerprint density at radius 2 is 1.63 bits per heavy atom. The Bertz CT molecular complexity index is 742. The molecule has 1 N–H and O–H groups in total. The first-order valence-corrected chi connectivity index (χ1v) is 9.18. The number of methoxy groups -OCH3 is 2. The molecule has 5 nitrogen and oxygen atoms in total. The van der Waals surface area contributed by atoms with E-state index in [4.69, 9.17) is 9.47 Å². The molecule has 0 heterocycles. The van der Waals surface area contributed by atoms with E-state index in [1.165, 1.54) is 11.1 Å². The molecule has 27 heavy (non-hydrogen) atoms. The van der Waals surface area contributed by atoms with E-state index < -0.39 is 0 Å². The van der Waals surface area contributed by atoms with Crippen LogP contribution < -0.4 is 14.8 Å². The summed E-state index contributed by atoms with van der Waals surface area (Å²) < 4.78 is 10.5. The molecule has 2 aromatic carbocycles. The van der Waals surface area contributed by atoms with Crippen LogP contribution in [0.1, 0.15) is 36.5 Å². The molecule has 0 aliphatic carbocycles. The van der Waals surface area contributed by atoms with E-state index >= 15 is 0 Å². The molecule has 0 atom stereocenters. The van der Waals surface area contributed by atoms with Crippen molar-refractivity contribution in [2.45, 2.75) is 32.9 Å². The van der Waals surface area contributed by atoms with Crippen LogP contribution in [-0.2, 0) is 17.9 Å². The summed E-state index contributed by atoms with van der Waals surface area (Å²) in [7, 11) is 5.15. The molecule has 0 unspecified atom stereocenters. The standard InChI is InChI=1S/C22H30N2O3/c1-16(2)19-9-6-17(7-10-19)14-24(3)15-22(25)23-13-18-8-11-20(26-4)21(12-18)27-5/h6-12,16H,13-15H2,1-5H3,(H,23,25). The molecule has 0 fully saturated rings. The summed E-state index contributed by atoms with van der Waals surface area (Å²) >= 11 is 0. The highest BCUT2D eigenvalue weighted by Gasteiger charge is 2.09. The second-order valence-corrected chi connectivity index (χ2v) is 7.03. The van der Waals surface area contributed by atoms with Crippen LogP contribution in [0.5, 0.6) is 11.5 Å². The summed E-state index contributed by atoms with van der Waals surface area (Å²) in [6.45, 7) is 5.91. The van der Waals surface area contributed by atoms with Crippen LogP contribution in [0.4, 0.5) is 0 Å². The second-order valence-electron chi connectivity index (χ2n) is 7.03. The number of amides is 1. The quantitative estimate of drug-likeness (QED) is 0.733. The van der Waals surface area contributed by atoms with Crippen molar-refractivity contribution in [2.24, 2.45) is 0 Å². The molecule has 0 spiro atoms. The number of hydrogen-bond donors (Lipinski definition) is 1. The lowest BCUT2D eigenvalue weighted by Gasteiger charge is -2.17. The first-order valence-electron chi connectivity index (χ1n) is 9.18. The smallest absolute Gasteiger partial charge is 0.234 e. The molecule has 0 bridgehead atoms. The molecular formula is C22H30N2O3. The SMILES string of the molecule is COc1ccc(CNC(=O)CN(C)Cc2ccc(C(C)C)cc2)cc1OC. The summed E-state index contributed by atoms with van der Waals surface area (Å²) in [6, 6.07) is 14.2. The Balaban J connectivity index is 1.82. The minimum atomic E-state index is -0.00825. The number of likely N-dealkylation sites (N-methyl/N-ethyl adjacent to an activating group) is 1. The Labute approximate surface area is 162 Å². The first-order chi connectivity index (χ1) is 12.9. The highest BCUT2D eigenvalue weighted by molar-refractivity contribution is 5.78. The monoisotopic (exact) mass is 370 g/mol. The number of benzene rings is 2. The second kappa shape index (κ2) is 9.97. The zero-order valence-electron chi connectivity index (χ0n) is 16.9. The van der Waals surface area contributed by atoms with Gasteiger partial charge in [0.05, 0.1) is 20.8 Å². The van der Waals surface area contributed by atoms with Gasteiger partial charge in [0, 0.05) is 13.1 Å². The zero-order chi connectivity index (χ0) is 19.8. The van der Waals surface area contributed by atoms with Crippen molar-refractivity contribution < 1.29 is 14.3 Å². The summed E-state index contributed by atoms with van der Waals surface area (Å²) in [5.41, 5.74) is 3.50. The summed E-state index contributed by atoms with van der Waals surface area (Å²) in [5, 5.41) is 2.95. The first kappa shape index (κ1) is 20.8. The van der Waals surface area contributed by atoms with Gasteiger partial charge >= 0.3 is 0 Å². The van der Waals surface area contributed by atoms with E-state index in [0.717, 1.165) is 12.1 Å². The minimum Gasteiger partial charge on any atom is -0.493 e. The van der Waals surface area contributed by atoms with Crippen molar-refractivity contribution in [1.82, 2.24) is 10.2 Å². The normalized spacial score (nSPS) is 10.9. The van der Waals surface area contributed by atoms with E-state index in [9.17, 15) is 4.79 Å². The number of ether oxygens (including phenoxy) is 2. The molecule has 0 aliphatic rings. The van der Waals surface area contributed by atoms with Crippen LogP contribution in [0.15, 0.2) is 42.5 Å². The fourth-order valence-electron chi connectivity index (χ4n) is 2.87. The van der Waals surface area contributed by atoms with Gasteiger partial charge in [-0.15, -0.1) is 0 Å². The topological polar surface area (TPSA) is 50.8 Å². The fourth-order valence-corrected chi connectivity index (χ4v) is 2.87. The van der Waals surface area contributed by atoms with Gasteiger partial charge in [0.25, 0.3) is 0 Å². The van der Waals surface area contributed by atoms with Crippen molar-refractivity contribution in [3.63, 3.8) is 0 Å². The van der Waals surface area contributed by atoms with Gasteiger partial charge in [0.2, 0.25) is 5.91 Å². The third-order valence-electron chi connectivity index (χ3n) is 4.45. The van der Waals surface area contributed by atoms with Crippen LogP contribution in [0.25, 0.3) is 0 Å². The molecule has 2 rings (SSSR count). The van der Waals surface area contributed by atoms with Crippen molar-refractivity contribution in [3.8, 4) is 11.5 Å². The Hall–Kier alpha value is -2.53. The Morgan fingerprint density at radius 3 is 2.22 bits per heavy atom. The van der Waals surface area contributed by atoms with Gasteiger partial charge < -0.3 is 14.8 Å². The maximum Gasteiger partial charge on any atom is 0.234 e. The molecule has 0 saturated carbocycles. The van der Waals surface area contributed by atoms with Crippen molar-refractivity contribution in [2.75, 3.05) is 27.8 Å². The van der Waals surface area contributed by atoms with Gasteiger partial charge in [0.1, 0.15) is 0 Å². The summed E-state index contributed by atoms with van der Waals surface area (Å²) in [4.78, 5) is 14.2. The molecule has 2 aromatic rings. The van der Waals surface area contributed by atoms with Crippen molar-refractivity contribution in [3.05, 3.63) is 59.2 Å². The third-order valence-corrected chi connectivity index (χ3v) is 4.45. The number of nitrogens with one attached hydrogen (secondary N) is 1. The Kier molecular flexibility index (Phi) is 7.67. The van der Waals surface area contributed by atoms with Crippen molar-refractivity contribution in [1.29, 1.82) is 0 Å². The molecule has 5 heteroatoms. The highest BCUT2D eigenvalue weighted by Crippen LogP contribution is 2.27. The van der Waals surface area contributed by atoms with Crippen LogP contribution in [0.2, 0.25) is 0 Å². The number of hydrogen-bond acceptors (Lipinski definition) is 4. The summed E-state index contributed by atoms with van der Waals surface area (Å²) in [6.07, 6.45) is 0. The van der Waals surface area contributed by atoms with Gasteiger partial charge in [-0.2, -0.15) is 0 Å². The number of carbonyl (C=O) groups excluding carboxylic acids is 1. The highest BCUT2D eigenvalue weighted by atomic mass is 16.5. The predicted molar refractivity (Wildman–Crippen MR) is 108 cm³/mol. The Morgan fingerprint density at radius 1 is 1.00 bits per heavy atom. The molecule has 1 amide bonds. The van der Waals surface area contributed by atoms with Gasteiger partial charge in [0.15, 0.2) is 11.5 Å². The average Bonchev–Trinajstić information content (AvgIpc) is 2.66. The fraction of sp³-hybridized carbons (Fsp3) is 0.409. The maximum atomic E-state index is 12.2. The van der Waals surface area contributed by atoms with Crippen LogP contribution >= 0.6 is 0 Å². The van der Waals surface area contributed by atoms with E-state index in [2.05, 4.69) is 43.4 Å². The summed E-state index contributed by atoms with van der Waals surface area (Å²) in [5.74, 6) is 1.85. The van der Waals surface area contributed by atoms with E-state index in [-0.39, 0.29) is 5.91 Å². The van der Waals surface area contributed by atoms with Crippen LogP contribution in [0.3, 0.4) is 0 Å². The minimum absolute atomic E-state index is 0.00825. The molecule has 0 aromatic heterocycles. The lowest BCUT2D eigenvalue weighted by atomic mass is 10.0. The van der Waals surface area contributed by atoms with Crippen molar-refractivity contribution >= 4 is 5.91 Å². The lowest BCUT2D eigenvalue weighted by Crippen LogP contribution is -2.34. The largest absolute Gasteiger partial charge is 0.493 e. The number of rotatable bonds is 9. The van der Waals surface area contributed by atoms with Crippen LogP contribution in [0, 0.1) is 0 Å². The molecule has 0 aliphatic heterocycles. The van der Waals surface area contributed by atoms with Crippen LogP contribution in [-0.4, -0.2) is 38.6 Å². The van der Waals surface area contributed by atoms with E-state index in [1.807, 2.05) is 30.1 Å². The van der Waals surface area contributed by atoms with Gasteiger partial charge in [-0.1, -0.05) is 44.2 Å². The molecule has 146 valence electrons. The number of carbonyl (C=O) groups is 1. The van der Waals surface area contributed by atoms with Gasteiger partial charge in [-0.25, -0.2) is 0 Å². The molecule has 0 saturated heterocycles. The molecule has 0 radical (unpaired) electrons. The predicted octanol–water partition coefficient (Wildman–Crippen LogP) is 3.58. The average molecular weight is 370 g/mol. The zero-order valence-corrected chi connectivity index (χ0v) is 16.9. The van der Waals surface area contributed by atoms with E-state index in [1.54, 1.807) is 14.2 Å². The third kappa shape index (κ3) is 6.29. The van der Waals surface area contributed by atoms with E-state index in [0.29, 0.717) is 30.5 Å². The van der Waals surface area contributed by atoms with Gasteiger partial charge in [-0.05, 0) is 41.8 Å². The lowest BCUT2D eigenvalue weighted by molar-refractivity contribution is -0.122. The molecular weight excluding hydrogens is 340 g/mol. The maximum absolute atomic E-state index is 12.2. The number of nitrogens with zero attached hydrogens (tertiary/aromatic N) is 1.